The molecule has 2 nitrogen and oxygen atoms in total. The first-order valence-corrected chi connectivity index (χ1v) is 8.63. The van der Waals surface area contributed by atoms with Crippen LogP contribution >= 0.6 is 15.9 Å². The van der Waals surface area contributed by atoms with Crippen molar-refractivity contribution in [1.29, 1.82) is 0 Å². The number of hydrogen-bond donors (Lipinski definition) is 1. The molecule has 2 aliphatic rings. The molecular formula is C17H24BrNO. The van der Waals surface area contributed by atoms with Crippen molar-refractivity contribution in [1.82, 2.24) is 5.32 Å². The van der Waals surface area contributed by atoms with Crippen LogP contribution in [0.4, 0.5) is 0 Å². The van der Waals surface area contributed by atoms with Gasteiger partial charge in [0.15, 0.2) is 0 Å². The fourth-order valence-corrected chi connectivity index (χ4v) is 4.46. The van der Waals surface area contributed by atoms with Crippen molar-refractivity contribution in [2.45, 2.75) is 57.1 Å². The van der Waals surface area contributed by atoms with Gasteiger partial charge in [0.25, 0.3) is 0 Å². The molecule has 2 fully saturated rings. The van der Waals surface area contributed by atoms with Gasteiger partial charge in [-0.15, -0.1) is 0 Å². The molecule has 0 radical (unpaired) electrons. The topological polar surface area (TPSA) is 21.3 Å². The van der Waals surface area contributed by atoms with Gasteiger partial charge in [-0.05, 0) is 38.1 Å². The molecule has 1 spiro atoms. The van der Waals surface area contributed by atoms with Crippen LogP contribution < -0.4 is 10.1 Å². The smallest absolute Gasteiger partial charge is 0.120 e. The number of hydrogen-bond acceptors (Lipinski definition) is 2. The Morgan fingerprint density at radius 3 is 2.60 bits per heavy atom. The summed E-state index contributed by atoms with van der Waals surface area (Å²) >= 11 is 3.53. The highest BCUT2D eigenvalue weighted by molar-refractivity contribution is 9.10. The van der Waals surface area contributed by atoms with Crippen LogP contribution in [0.5, 0.6) is 5.75 Å². The van der Waals surface area contributed by atoms with E-state index in [1.54, 1.807) is 0 Å². The van der Waals surface area contributed by atoms with Gasteiger partial charge in [-0.25, -0.2) is 0 Å². The second-order valence-electron chi connectivity index (χ2n) is 6.29. The first-order chi connectivity index (χ1) is 9.74. The Labute approximate surface area is 130 Å². The van der Waals surface area contributed by atoms with Crippen LogP contribution in [0.15, 0.2) is 28.7 Å². The van der Waals surface area contributed by atoms with Crippen molar-refractivity contribution < 1.29 is 4.74 Å². The molecule has 3 rings (SSSR count). The van der Waals surface area contributed by atoms with Crippen LogP contribution in [0, 0.1) is 5.41 Å². The molecule has 110 valence electrons. The SMILES string of the molecule is CNC1CC(Oc2cccc(Br)c2)C12CCCCCC2. The van der Waals surface area contributed by atoms with Crippen LogP contribution in [-0.4, -0.2) is 19.2 Å². The van der Waals surface area contributed by atoms with Crippen molar-refractivity contribution in [3.8, 4) is 5.75 Å². The zero-order valence-corrected chi connectivity index (χ0v) is 13.8. The second kappa shape index (κ2) is 6.07. The minimum Gasteiger partial charge on any atom is -0.490 e. The zero-order valence-electron chi connectivity index (χ0n) is 12.2. The largest absolute Gasteiger partial charge is 0.490 e. The molecule has 2 unspecified atom stereocenters. The Hall–Kier alpha value is -0.540. The van der Waals surface area contributed by atoms with E-state index in [0.717, 1.165) is 16.6 Å². The van der Waals surface area contributed by atoms with Crippen molar-refractivity contribution in [2.24, 2.45) is 5.41 Å². The Morgan fingerprint density at radius 1 is 1.20 bits per heavy atom. The first kappa shape index (κ1) is 14.4. The summed E-state index contributed by atoms with van der Waals surface area (Å²) in [5.41, 5.74) is 0.369. The monoisotopic (exact) mass is 337 g/mol. The highest BCUT2D eigenvalue weighted by atomic mass is 79.9. The summed E-state index contributed by atoms with van der Waals surface area (Å²) in [5.74, 6) is 1.00. The molecule has 2 aliphatic carbocycles. The average molecular weight is 338 g/mol. The lowest BCUT2D eigenvalue weighted by molar-refractivity contribution is -0.0882. The van der Waals surface area contributed by atoms with Crippen molar-refractivity contribution in [3.05, 3.63) is 28.7 Å². The summed E-state index contributed by atoms with van der Waals surface area (Å²) in [4.78, 5) is 0. The van der Waals surface area contributed by atoms with Crippen LogP contribution in [0.1, 0.15) is 44.9 Å². The molecule has 0 aliphatic heterocycles. The molecule has 0 saturated heterocycles. The zero-order chi connectivity index (χ0) is 14.0. The number of rotatable bonds is 3. The molecule has 20 heavy (non-hydrogen) atoms. The lowest BCUT2D eigenvalue weighted by Gasteiger charge is -2.55. The summed E-state index contributed by atoms with van der Waals surface area (Å²) < 4.78 is 7.43. The van der Waals surface area contributed by atoms with E-state index < -0.39 is 0 Å². The van der Waals surface area contributed by atoms with Gasteiger partial charge in [0.2, 0.25) is 0 Å². The Kier molecular flexibility index (Phi) is 4.37. The van der Waals surface area contributed by atoms with E-state index in [1.807, 2.05) is 12.1 Å². The molecule has 0 bridgehead atoms. The minimum absolute atomic E-state index is 0.369. The molecule has 1 N–H and O–H groups in total. The number of ether oxygens (including phenoxy) is 1. The molecule has 1 aromatic carbocycles. The second-order valence-corrected chi connectivity index (χ2v) is 7.20. The Balaban J connectivity index is 1.75. The van der Waals surface area contributed by atoms with Gasteiger partial charge in [0.05, 0.1) is 0 Å². The van der Waals surface area contributed by atoms with E-state index in [4.69, 9.17) is 4.74 Å². The first-order valence-electron chi connectivity index (χ1n) is 7.84. The third kappa shape index (κ3) is 2.62. The fourth-order valence-electron chi connectivity index (χ4n) is 4.08. The summed E-state index contributed by atoms with van der Waals surface area (Å²) in [5, 5.41) is 3.53. The van der Waals surface area contributed by atoms with E-state index in [9.17, 15) is 0 Å². The van der Waals surface area contributed by atoms with Gasteiger partial charge in [-0.2, -0.15) is 0 Å². The van der Waals surface area contributed by atoms with Gasteiger partial charge < -0.3 is 10.1 Å². The van der Waals surface area contributed by atoms with E-state index in [2.05, 4.69) is 40.4 Å². The molecule has 0 heterocycles. The number of nitrogens with one attached hydrogen (secondary N) is 1. The van der Waals surface area contributed by atoms with Crippen molar-refractivity contribution >= 4 is 15.9 Å². The quantitative estimate of drug-likeness (QED) is 0.874. The molecule has 2 atom stereocenters. The van der Waals surface area contributed by atoms with Gasteiger partial charge in [-0.3, -0.25) is 0 Å². The van der Waals surface area contributed by atoms with E-state index in [1.165, 1.54) is 38.5 Å². The van der Waals surface area contributed by atoms with E-state index in [0.29, 0.717) is 17.6 Å². The Morgan fingerprint density at radius 2 is 1.95 bits per heavy atom. The van der Waals surface area contributed by atoms with E-state index in [-0.39, 0.29) is 0 Å². The predicted molar refractivity (Wildman–Crippen MR) is 86.2 cm³/mol. The molecule has 1 aromatic rings. The van der Waals surface area contributed by atoms with Gasteiger partial charge in [0.1, 0.15) is 11.9 Å². The fraction of sp³-hybridized carbons (Fsp3) is 0.647. The summed E-state index contributed by atoms with van der Waals surface area (Å²) in [6.45, 7) is 0. The maximum absolute atomic E-state index is 6.34. The van der Waals surface area contributed by atoms with Crippen molar-refractivity contribution in [3.63, 3.8) is 0 Å². The third-order valence-electron chi connectivity index (χ3n) is 5.24. The van der Waals surface area contributed by atoms with Crippen LogP contribution in [0.3, 0.4) is 0 Å². The average Bonchev–Trinajstić information content (AvgIpc) is 2.71. The third-order valence-corrected chi connectivity index (χ3v) is 5.74. The van der Waals surface area contributed by atoms with Gasteiger partial charge in [0, 0.05) is 22.4 Å². The molecule has 0 amide bonds. The summed E-state index contributed by atoms with van der Waals surface area (Å²) in [7, 11) is 2.10. The van der Waals surface area contributed by atoms with Crippen LogP contribution in [0.25, 0.3) is 0 Å². The van der Waals surface area contributed by atoms with Gasteiger partial charge >= 0.3 is 0 Å². The van der Waals surface area contributed by atoms with Gasteiger partial charge in [-0.1, -0.05) is 47.7 Å². The maximum atomic E-state index is 6.34. The normalized spacial score (nSPS) is 28.7. The standard InChI is InChI=1S/C17H24BrNO/c1-19-15-12-16(17(15)9-4-2-3-5-10-17)20-14-8-6-7-13(18)11-14/h6-8,11,15-16,19H,2-5,9-10,12H2,1H3. The minimum atomic E-state index is 0.369. The lowest BCUT2D eigenvalue weighted by atomic mass is 9.58. The summed E-state index contributed by atoms with van der Waals surface area (Å²) in [6.07, 6.45) is 9.65. The number of halogens is 1. The molecule has 2 saturated carbocycles. The highest BCUT2D eigenvalue weighted by Crippen LogP contribution is 2.52. The van der Waals surface area contributed by atoms with E-state index >= 15 is 0 Å². The van der Waals surface area contributed by atoms with Crippen LogP contribution in [-0.2, 0) is 0 Å². The van der Waals surface area contributed by atoms with Crippen molar-refractivity contribution in [2.75, 3.05) is 7.05 Å². The number of benzene rings is 1. The molecular weight excluding hydrogens is 314 g/mol. The summed E-state index contributed by atoms with van der Waals surface area (Å²) in [6, 6.07) is 8.88. The Bertz CT molecular complexity index is 454. The molecule has 0 aromatic heterocycles. The van der Waals surface area contributed by atoms with Crippen LogP contribution in [0.2, 0.25) is 0 Å². The maximum Gasteiger partial charge on any atom is 0.120 e. The highest BCUT2D eigenvalue weighted by Gasteiger charge is 2.55. The predicted octanol–water partition coefficient (Wildman–Crippen LogP) is 4.53. The lowest BCUT2D eigenvalue weighted by Crippen LogP contribution is -2.64. The molecule has 3 heteroatoms.